The normalized spacial score (nSPS) is 12.5. The van der Waals surface area contributed by atoms with Crippen LogP contribution in [0.3, 0.4) is 0 Å². The maximum absolute atomic E-state index is 5.44. The van der Waals surface area contributed by atoms with E-state index < -0.39 is 0 Å². The van der Waals surface area contributed by atoms with Gasteiger partial charge in [-0.25, -0.2) is 0 Å². The highest BCUT2D eigenvalue weighted by atomic mass is 16.5. The Balaban J connectivity index is 2.80. The lowest BCUT2D eigenvalue weighted by Gasteiger charge is -2.17. The molecule has 1 aromatic rings. The second-order valence-corrected chi connectivity index (χ2v) is 3.73. The molecule has 0 saturated heterocycles. The van der Waals surface area contributed by atoms with Crippen LogP contribution in [0.1, 0.15) is 24.1 Å². The lowest BCUT2D eigenvalue weighted by molar-refractivity contribution is 0.125. The summed E-state index contributed by atoms with van der Waals surface area (Å²) in [5.41, 5.74) is 2.38. The van der Waals surface area contributed by atoms with Gasteiger partial charge < -0.3 is 14.8 Å². The lowest BCUT2D eigenvalue weighted by Crippen LogP contribution is -2.21. The topological polar surface area (TPSA) is 30.5 Å². The average molecular weight is 223 g/mol. The fourth-order valence-corrected chi connectivity index (χ4v) is 1.70. The van der Waals surface area contributed by atoms with E-state index in [-0.39, 0.29) is 6.04 Å². The SMILES string of the molecule is CCOCC(NC)c1ccc(OC)c(C)c1. The van der Waals surface area contributed by atoms with Crippen molar-refractivity contribution in [2.75, 3.05) is 27.4 Å². The van der Waals surface area contributed by atoms with Crippen molar-refractivity contribution in [3.05, 3.63) is 29.3 Å². The van der Waals surface area contributed by atoms with Crippen LogP contribution in [0.2, 0.25) is 0 Å². The highest BCUT2D eigenvalue weighted by molar-refractivity contribution is 5.37. The Bertz CT molecular complexity index is 326. The number of hydrogen-bond donors (Lipinski definition) is 1. The first-order valence-corrected chi connectivity index (χ1v) is 5.62. The predicted octanol–water partition coefficient (Wildman–Crippen LogP) is 2.30. The standard InChI is InChI=1S/C13H21NO2/c1-5-16-9-12(14-3)11-6-7-13(15-4)10(2)8-11/h6-8,12,14H,5,9H2,1-4H3. The minimum Gasteiger partial charge on any atom is -0.496 e. The van der Waals surface area contributed by atoms with Crippen LogP contribution in [0, 0.1) is 6.92 Å². The van der Waals surface area contributed by atoms with Crippen LogP contribution in [0.4, 0.5) is 0 Å². The van der Waals surface area contributed by atoms with E-state index in [1.54, 1.807) is 7.11 Å². The summed E-state index contributed by atoms with van der Waals surface area (Å²) in [4.78, 5) is 0. The largest absolute Gasteiger partial charge is 0.496 e. The summed E-state index contributed by atoms with van der Waals surface area (Å²) in [5, 5.41) is 3.25. The molecule has 16 heavy (non-hydrogen) atoms. The molecule has 1 N–H and O–H groups in total. The number of ether oxygens (including phenoxy) is 2. The molecule has 1 unspecified atom stereocenters. The smallest absolute Gasteiger partial charge is 0.121 e. The van der Waals surface area contributed by atoms with Crippen LogP contribution in [0.5, 0.6) is 5.75 Å². The van der Waals surface area contributed by atoms with Gasteiger partial charge in [0, 0.05) is 6.61 Å². The van der Waals surface area contributed by atoms with Gasteiger partial charge in [-0.1, -0.05) is 12.1 Å². The molecular formula is C13H21NO2. The molecule has 3 heteroatoms. The predicted molar refractivity (Wildman–Crippen MR) is 66.0 cm³/mol. The zero-order valence-electron chi connectivity index (χ0n) is 10.5. The Labute approximate surface area is 97.8 Å². The maximum atomic E-state index is 5.44. The Morgan fingerprint density at radius 2 is 2.12 bits per heavy atom. The Hall–Kier alpha value is -1.06. The van der Waals surface area contributed by atoms with Crippen LogP contribution < -0.4 is 10.1 Å². The van der Waals surface area contributed by atoms with Crippen LogP contribution in [-0.4, -0.2) is 27.4 Å². The van der Waals surface area contributed by atoms with E-state index in [4.69, 9.17) is 9.47 Å². The third kappa shape index (κ3) is 3.22. The molecule has 0 amide bonds. The number of hydrogen-bond acceptors (Lipinski definition) is 3. The van der Waals surface area contributed by atoms with Gasteiger partial charge in [0.15, 0.2) is 0 Å². The molecule has 0 aliphatic heterocycles. The quantitative estimate of drug-likeness (QED) is 0.802. The van der Waals surface area contributed by atoms with Crippen molar-refractivity contribution in [3.8, 4) is 5.75 Å². The third-order valence-electron chi connectivity index (χ3n) is 2.66. The Morgan fingerprint density at radius 3 is 2.62 bits per heavy atom. The van der Waals surface area contributed by atoms with Gasteiger partial charge in [-0.05, 0) is 38.1 Å². The molecular weight excluding hydrogens is 202 g/mol. The molecule has 0 bridgehead atoms. The number of likely N-dealkylation sites (N-methyl/N-ethyl adjacent to an activating group) is 1. The molecule has 90 valence electrons. The van der Waals surface area contributed by atoms with Crippen molar-refractivity contribution in [1.29, 1.82) is 0 Å². The van der Waals surface area contributed by atoms with E-state index in [2.05, 4.69) is 24.4 Å². The Morgan fingerprint density at radius 1 is 1.38 bits per heavy atom. The van der Waals surface area contributed by atoms with E-state index in [1.807, 2.05) is 20.0 Å². The minimum atomic E-state index is 0.240. The first-order valence-electron chi connectivity index (χ1n) is 5.62. The van der Waals surface area contributed by atoms with Crippen LogP contribution in [-0.2, 0) is 4.74 Å². The molecule has 1 aromatic carbocycles. The second-order valence-electron chi connectivity index (χ2n) is 3.73. The lowest BCUT2D eigenvalue weighted by atomic mass is 10.0. The zero-order valence-corrected chi connectivity index (χ0v) is 10.5. The minimum absolute atomic E-state index is 0.240. The summed E-state index contributed by atoms with van der Waals surface area (Å²) < 4.78 is 10.7. The summed E-state index contributed by atoms with van der Waals surface area (Å²) >= 11 is 0. The van der Waals surface area contributed by atoms with Gasteiger partial charge in [-0.15, -0.1) is 0 Å². The maximum Gasteiger partial charge on any atom is 0.121 e. The number of methoxy groups -OCH3 is 1. The molecule has 0 aromatic heterocycles. The van der Waals surface area contributed by atoms with Gasteiger partial charge >= 0.3 is 0 Å². The number of rotatable bonds is 6. The van der Waals surface area contributed by atoms with E-state index in [1.165, 1.54) is 5.56 Å². The summed E-state index contributed by atoms with van der Waals surface area (Å²) in [6.07, 6.45) is 0. The number of benzene rings is 1. The highest BCUT2D eigenvalue weighted by Gasteiger charge is 2.10. The van der Waals surface area contributed by atoms with Gasteiger partial charge in [0.05, 0.1) is 19.8 Å². The first kappa shape index (κ1) is 13.0. The molecule has 0 heterocycles. The average Bonchev–Trinajstić information content (AvgIpc) is 2.30. The highest BCUT2D eigenvalue weighted by Crippen LogP contribution is 2.22. The number of nitrogens with one attached hydrogen (secondary N) is 1. The molecule has 0 fully saturated rings. The second kappa shape index (κ2) is 6.51. The van der Waals surface area contributed by atoms with Gasteiger partial charge in [0.2, 0.25) is 0 Å². The van der Waals surface area contributed by atoms with Crippen LogP contribution >= 0.6 is 0 Å². The summed E-state index contributed by atoms with van der Waals surface area (Å²) in [5.74, 6) is 0.926. The molecule has 1 atom stereocenters. The Kier molecular flexibility index (Phi) is 5.29. The van der Waals surface area contributed by atoms with E-state index in [0.29, 0.717) is 6.61 Å². The molecule has 0 radical (unpaired) electrons. The van der Waals surface area contributed by atoms with Gasteiger partial charge in [0.25, 0.3) is 0 Å². The number of aryl methyl sites for hydroxylation is 1. The summed E-state index contributed by atoms with van der Waals surface area (Å²) in [6, 6.07) is 6.45. The van der Waals surface area contributed by atoms with Crippen LogP contribution in [0.15, 0.2) is 18.2 Å². The van der Waals surface area contributed by atoms with Crippen LogP contribution in [0.25, 0.3) is 0 Å². The molecule has 0 spiro atoms. The molecule has 0 saturated carbocycles. The van der Waals surface area contributed by atoms with E-state index in [0.717, 1.165) is 17.9 Å². The van der Waals surface area contributed by atoms with Crippen molar-refractivity contribution in [2.24, 2.45) is 0 Å². The van der Waals surface area contributed by atoms with Crippen molar-refractivity contribution < 1.29 is 9.47 Å². The van der Waals surface area contributed by atoms with Crippen molar-refractivity contribution in [1.82, 2.24) is 5.32 Å². The third-order valence-corrected chi connectivity index (χ3v) is 2.66. The molecule has 1 rings (SSSR count). The summed E-state index contributed by atoms with van der Waals surface area (Å²) in [6.45, 7) is 5.49. The monoisotopic (exact) mass is 223 g/mol. The van der Waals surface area contributed by atoms with Crippen molar-refractivity contribution in [2.45, 2.75) is 19.9 Å². The zero-order chi connectivity index (χ0) is 12.0. The fraction of sp³-hybridized carbons (Fsp3) is 0.538. The van der Waals surface area contributed by atoms with Gasteiger partial charge in [-0.3, -0.25) is 0 Å². The van der Waals surface area contributed by atoms with Crippen molar-refractivity contribution in [3.63, 3.8) is 0 Å². The molecule has 0 aliphatic rings. The first-order chi connectivity index (χ1) is 7.72. The molecule has 3 nitrogen and oxygen atoms in total. The van der Waals surface area contributed by atoms with Crippen molar-refractivity contribution >= 4 is 0 Å². The summed E-state index contributed by atoms with van der Waals surface area (Å²) in [7, 11) is 3.64. The van der Waals surface area contributed by atoms with Gasteiger partial charge in [-0.2, -0.15) is 0 Å². The fourth-order valence-electron chi connectivity index (χ4n) is 1.70. The molecule has 0 aliphatic carbocycles. The van der Waals surface area contributed by atoms with Gasteiger partial charge in [0.1, 0.15) is 5.75 Å². The van der Waals surface area contributed by atoms with E-state index in [9.17, 15) is 0 Å². The van der Waals surface area contributed by atoms with E-state index >= 15 is 0 Å².